The van der Waals surface area contributed by atoms with Crippen LogP contribution in [-0.4, -0.2) is 36.8 Å². The minimum atomic E-state index is 0.551. The Kier molecular flexibility index (Phi) is 6.37. The van der Waals surface area contributed by atoms with Crippen LogP contribution >= 0.6 is 11.8 Å². The molecule has 0 atom stereocenters. The van der Waals surface area contributed by atoms with Gasteiger partial charge in [0.05, 0.1) is 0 Å². The standard InChI is InChI=1S/C12H23NOS/c1-10(2)13-8-11(3)9-15-12-4-6-14-7-5-12/h10,12-13H,3-9H2,1-2H3. The molecule has 1 N–H and O–H groups in total. The molecule has 2 nitrogen and oxygen atoms in total. The van der Waals surface area contributed by atoms with Crippen LogP contribution in [0.15, 0.2) is 12.2 Å². The molecule has 0 saturated carbocycles. The van der Waals surface area contributed by atoms with Crippen molar-refractivity contribution in [3.8, 4) is 0 Å². The van der Waals surface area contributed by atoms with Crippen LogP contribution in [0.5, 0.6) is 0 Å². The van der Waals surface area contributed by atoms with Crippen molar-refractivity contribution in [2.45, 2.75) is 38.0 Å². The van der Waals surface area contributed by atoms with E-state index in [9.17, 15) is 0 Å². The molecule has 3 heteroatoms. The highest BCUT2D eigenvalue weighted by molar-refractivity contribution is 8.00. The third-order valence-corrected chi connectivity index (χ3v) is 3.97. The van der Waals surface area contributed by atoms with Crippen molar-refractivity contribution in [3.05, 3.63) is 12.2 Å². The van der Waals surface area contributed by atoms with Crippen molar-refractivity contribution < 1.29 is 4.74 Å². The van der Waals surface area contributed by atoms with E-state index in [0.717, 1.165) is 30.8 Å². The van der Waals surface area contributed by atoms with Gasteiger partial charge in [-0.05, 0) is 12.8 Å². The second kappa shape index (κ2) is 7.31. The summed E-state index contributed by atoms with van der Waals surface area (Å²) in [6, 6.07) is 0.551. The van der Waals surface area contributed by atoms with Gasteiger partial charge in [0.2, 0.25) is 0 Å². The van der Waals surface area contributed by atoms with Crippen LogP contribution in [0.2, 0.25) is 0 Å². The zero-order valence-corrected chi connectivity index (χ0v) is 10.7. The molecule has 0 bridgehead atoms. The number of hydrogen-bond donors (Lipinski definition) is 1. The van der Waals surface area contributed by atoms with E-state index in [0.29, 0.717) is 6.04 Å². The molecule has 15 heavy (non-hydrogen) atoms. The van der Waals surface area contributed by atoms with Crippen LogP contribution in [0.1, 0.15) is 26.7 Å². The third kappa shape index (κ3) is 6.23. The average molecular weight is 229 g/mol. The number of thioether (sulfide) groups is 1. The first-order chi connectivity index (χ1) is 7.18. The minimum absolute atomic E-state index is 0.551. The SMILES string of the molecule is C=C(CNC(C)C)CSC1CCOCC1. The van der Waals surface area contributed by atoms with E-state index >= 15 is 0 Å². The number of nitrogens with one attached hydrogen (secondary N) is 1. The second-order valence-electron chi connectivity index (χ2n) is 4.41. The second-order valence-corrected chi connectivity index (χ2v) is 5.70. The molecular formula is C12H23NOS. The lowest BCUT2D eigenvalue weighted by molar-refractivity contribution is 0.100. The molecular weight excluding hydrogens is 206 g/mol. The molecule has 88 valence electrons. The van der Waals surface area contributed by atoms with Gasteiger partial charge >= 0.3 is 0 Å². The van der Waals surface area contributed by atoms with Crippen molar-refractivity contribution in [3.63, 3.8) is 0 Å². The van der Waals surface area contributed by atoms with Crippen LogP contribution in [0.3, 0.4) is 0 Å². The molecule has 0 aromatic carbocycles. The number of rotatable bonds is 6. The van der Waals surface area contributed by atoms with Gasteiger partial charge in [-0.25, -0.2) is 0 Å². The van der Waals surface area contributed by atoms with E-state index in [2.05, 4.69) is 25.7 Å². The minimum Gasteiger partial charge on any atom is -0.381 e. The third-order valence-electron chi connectivity index (χ3n) is 2.45. The maximum atomic E-state index is 5.34. The van der Waals surface area contributed by atoms with Crippen LogP contribution in [0.25, 0.3) is 0 Å². The molecule has 0 spiro atoms. The first-order valence-electron chi connectivity index (χ1n) is 5.78. The Morgan fingerprint density at radius 1 is 1.47 bits per heavy atom. The number of ether oxygens (including phenoxy) is 1. The lowest BCUT2D eigenvalue weighted by Crippen LogP contribution is -2.25. The molecule has 1 fully saturated rings. The fourth-order valence-corrected chi connectivity index (χ4v) is 2.58. The maximum absolute atomic E-state index is 5.34. The maximum Gasteiger partial charge on any atom is 0.0476 e. The molecule has 0 aromatic heterocycles. The van der Waals surface area contributed by atoms with Crippen molar-refractivity contribution in [2.24, 2.45) is 0 Å². The van der Waals surface area contributed by atoms with Gasteiger partial charge in [-0.1, -0.05) is 26.0 Å². The van der Waals surface area contributed by atoms with Gasteiger partial charge in [-0.15, -0.1) is 0 Å². The fourth-order valence-electron chi connectivity index (χ4n) is 1.48. The summed E-state index contributed by atoms with van der Waals surface area (Å²) in [7, 11) is 0. The first kappa shape index (κ1) is 13.1. The van der Waals surface area contributed by atoms with Crippen LogP contribution in [0.4, 0.5) is 0 Å². The van der Waals surface area contributed by atoms with Crippen LogP contribution in [0, 0.1) is 0 Å². The van der Waals surface area contributed by atoms with E-state index in [1.807, 2.05) is 11.8 Å². The molecule has 0 amide bonds. The van der Waals surface area contributed by atoms with E-state index in [1.165, 1.54) is 18.4 Å². The van der Waals surface area contributed by atoms with Crippen molar-refractivity contribution in [1.29, 1.82) is 0 Å². The lowest BCUT2D eigenvalue weighted by atomic mass is 10.2. The zero-order valence-electron chi connectivity index (χ0n) is 9.92. The van der Waals surface area contributed by atoms with Gasteiger partial charge in [0.1, 0.15) is 0 Å². The van der Waals surface area contributed by atoms with Gasteiger partial charge in [0.25, 0.3) is 0 Å². The average Bonchev–Trinajstić information content (AvgIpc) is 2.25. The monoisotopic (exact) mass is 229 g/mol. The normalized spacial score (nSPS) is 18.3. The predicted octanol–water partition coefficient (Wildman–Crippen LogP) is 2.45. The molecule has 1 rings (SSSR count). The van der Waals surface area contributed by atoms with Crippen molar-refractivity contribution in [1.82, 2.24) is 5.32 Å². The summed E-state index contributed by atoms with van der Waals surface area (Å²) in [5.41, 5.74) is 1.31. The summed E-state index contributed by atoms with van der Waals surface area (Å²) >= 11 is 2.04. The first-order valence-corrected chi connectivity index (χ1v) is 6.82. The highest BCUT2D eigenvalue weighted by Gasteiger charge is 2.13. The molecule has 0 aromatic rings. The molecule has 0 aliphatic carbocycles. The fraction of sp³-hybridized carbons (Fsp3) is 0.833. The quantitative estimate of drug-likeness (QED) is 0.707. The Morgan fingerprint density at radius 3 is 2.73 bits per heavy atom. The highest BCUT2D eigenvalue weighted by Crippen LogP contribution is 2.23. The topological polar surface area (TPSA) is 21.3 Å². The predicted molar refractivity (Wildman–Crippen MR) is 68.6 cm³/mol. The smallest absolute Gasteiger partial charge is 0.0476 e. The number of hydrogen-bond acceptors (Lipinski definition) is 3. The Morgan fingerprint density at radius 2 is 2.13 bits per heavy atom. The molecule has 1 aliphatic heterocycles. The van der Waals surface area contributed by atoms with Crippen molar-refractivity contribution in [2.75, 3.05) is 25.5 Å². The summed E-state index contributed by atoms with van der Waals surface area (Å²) in [5.74, 6) is 1.09. The van der Waals surface area contributed by atoms with E-state index < -0.39 is 0 Å². The molecule has 0 radical (unpaired) electrons. The summed E-state index contributed by atoms with van der Waals surface area (Å²) in [5, 5.41) is 4.18. The van der Waals surface area contributed by atoms with Crippen molar-refractivity contribution >= 4 is 11.8 Å². The summed E-state index contributed by atoms with van der Waals surface area (Å²) in [6.45, 7) is 11.3. The zero-order chi connectivity index (χ0) is 11.1. The van der Waals surface area contributed by atoms with E-state index in [-0.39, 0.29) is 0 Å². The van der Waals surface area contributed by atoms with Crippen LogP contribution in [-0.2, 0) is 4.74 Å². The van der Waals surface area contributed by atoms with Gasteiger partial charge in [0, 0.05) is 36.8 Å². The van der Waals surface area contributed by atoms with E-state index in [1.54, 1.807) is 0 Å². The Hall–Kier alpha value is 0.01000. The summed E-state index contributed by atoms with van der Waals surface area (Å²) < 4.78 is 5.34. The molecule has 1 heterocycles. The van der Waals surface area contributed by atoms with Gasteiger partial charge in [-0.2, -0.15) is 11.8 Å². The molecule has 1 aliphatic rings. The van der Waals surface area contributed by atoms with Gasteiger partial charge < -0.3 is 10.1 Å². The summed E-state index contributed by atoms with van der Waals surface area (Å²) in [6.07, 6.45) is 2.41. The molecule has 0 unspecified atom stereocenters. The highest BCUT2D eigenvalue weighted by atomic mass is 32.2. The van der Waals surface area contributed by atoms with Gasteiger partial charge in [0.15, 0.2) is 0 Å². The Balaban J connectivity index is 2.05. The van der Waals surface area contributed by atoms with Crippen LogP contribution < -0.4 is 5.32 Å². The Bertz CT molecular complexity index is 188. The largest absolute Gasteiger partial charge is 0.381 e. The van der Waals surface area contributed by atoms with Gasteiger partial charge in [-0.3, -0.25) is 0 Å². The summed E-state index contributed by atoms with van der Waals surface area (Å²) in [4.78, 5) is 0. The van der Waals surface area contributed by atoms with E-state index in [4.69, 9.17) is 4.74 Å². The lowest BCUT2D eigenvalue weighted by Gasteiger charge is -2.22. The molecule has 1 saturated heterocycles. The Labute approximate surface area is 97.8 Å².